The number of amides is 3. The molecule has 1 aromatic heterocycles. The zero-order chi connectivity index (χ0) is 19.0. The van der Waals surface area contributed by atoms with E-state index in [1.165, 1.54) is 10.9 Å². The highest BCUT2D eigenvalue weighted by molar-refractivity contribution is 6.00. The number of nitrogens with zero attached hydrogens (tertiary/aromatic N) is 2. The summed E-state index contributed by atoms with van der Waals surface area (Å²) >= 11 is 0. The van der Waals surface area contributed by atoms with Crippen molar-refractivity contribution in [2.45, 2.75) is 0 Å². The third-order valence-electron chi connectivity index (χ3n) is 4.02. The van der Waals surface area contributed by atoms with Crippen molar-refractivity contribution in [2.75, 3.05) is 12.1 Å². The van der Waals surface area contributed by atoms with Gasteiger partial charge in [-0.1, -0.05) is 18.2 Å². The van der Waals surface area contributed by atoms with Gasteiger partial charge < -0.3 is 26.3 Å². The molecular formula is C18H15N5O4. The van der Waals surface area contributed by atoms with Gasteiger partial charge in [-0.2, -0.15) is 5.10 Å². The van der Waals surface area contributed by atoms with Gasteiger partial charge in [0.05, 0.1) is 17.6 Å². The number of carbonyl (C=O) groups excluding carboxylic acids is 2. The molecule has 9 nitrogen and oxygen atoms in total. The number of nitrogens with two attached hydrogens (primary N) is 2. The number of anilines is 1. The Kier molecular flexibility index (Phi) is 3.88. The van der Waals surface area contributed by atoms with Crippen LogP contribution >= 0.6 is 0 Å². The van der Waals surface area contributed by atoms with Gasteiger partial charge in [-0.3, -0.25) is 4.79 Å². The van der Waals surface area contributed by atoms with Gasteiger partial charge in [-0.15, -0.1) is 0 Å². The molecule has 9 heteroatoms. The van der Waals surface area contributed by atoms with E-state index in [4.69, 9.17) is 20.9 Å². The second-order valence-electron chi connectivity index (χ2n) is 5.81. The Bertz CT molecular complexity index is 1060. The van der Waals surface area contributed by atoms with E-state index >= 15 is 0 Å². The first kappa shape index (κ1) is 16.5. The molecule has 27 heavy (non-hydrogen) atoms. The molecule has 1 aliphatic rings. The van der Waals surface area contributed by atoms with Gasteiger partial charge in [0, 0.05) is 0 Å². The third-order valence-corrected chi connectivity index (χ3v) is 4.02. The highest BCUT2D eigenvalue weighted by atomic mass is 16.7. The van der Waals surface area contributed by atoms with Crippen molar-refractivity contribution in [1.82, 2.24) is 9.78 Å². The van der Waals surface area contributed by atoms with E-state index in [0.29, 0.717) is 17.2 Å². The van der Waals surface area contributed by atoms with Crippen molar-refractivity contribution in [3.05, 3.63) is 54.4 Å². The normalized spacial score (nSPS) is 12.0. The molecule has 0 aliphatic carbocycles. The summed E-state index contributed by atoms with van der Waals surface area (Å²) in [7, 11) is 0. The summed E-state index contributed by atoms with van der Waals surface area (Å²) in [6.07, 6.45) is 1.48. The first-order chi connectivity index (χ1) is 13.0. The lowest BCUT2D eigenvalue weighted by Crippen LogP contribution is -2.22. The maximum Gasteiger partial charge on any atom is 0.316 e. The van der Waals surface area contributed by atoms with Crippen molar-refractivity contribution >= 4 is 17.6 Å². The largest absolute Gasteiger partial charge is 0.454 e. The van der Waals surface area contributed by atoms with Gasteiger partial charge in [-0.05, 0) is 35.4 Å². The number of primary amides is 2. The Balaban J connectivity index is 1.72. The zero-order valence-corrected chi connectivity index (χ0v) is 14.0. The predicted octanol–water partition coefficient (Wildman–Crippen LogP) is 1.86. The van der Waals surface area contributed by atoms with Crippen molar-refractivity contribution in [2.24, 2.45) is 11.5 Å². The zero-order valence-electron chi connectivity index (χ0n) is 14.0. The SMILES string of the molecule is NC(=O)Nc1cn(-c2cccc(-c3ccc4c(c3)OCO4)c2)nc1C(N)=O. The summed E-state index contributed by atoms with van der Waals surface area (Å²) in [6.45, 7) is 0.206. The van der Waals surface area contributed by atoms with Crippen LogP contribution in [0.2, 0.25) is 0 Å². The van der Waals surface area contributed by atoms with Gasteiger partial charge in [-0.25, -0.2) is 9.48 Å². The number of benzene rings is 2. The molecule has 0 fully saturated rings. The van der Waals surface area contributed by atoms with Crippen LogP contribution in [0.3, 0.4) is 0 Å². The number of urea groups is 1. The fourth-order valence-electron chi connectivity index (χ4n) is 2.82. The van der Waals surface area contributed by atoms with Crippen molar-refractivity contribution in [3.8, 4) is 28.3 Å². The molecule has 136 valence electrons. The maximum absolute atomic E-state index is 11.6. The Hall–Kier alpha value is -4.01. The fourth-order valence-corrected chi connectivity index (χ4v) is 2.82. The topological polar surface area (TPSA) is 134 Å². The summed E-state index contributed by atoms with van der Waals surface area (Å²) in [6, 6.07) is 12.3. The number of hydrogen-bond acceptors (Lipinski definition) is 5. The van der Waals surface area contributed by atoms with E-state index in [1.54, 1.807) is 0 Å². The van der Waals surface area contributed by atoms with Crippen LogP contribution in [-0.4, -0.2) is 28.5 Å². The minimum Gasteiger partial charge on any atom is -0.454 e. The standard InChI is InChI=1S/C18H15N5O4/c19-17(24)16-13(21-18(20)25)8-23(22-16)12-3-1-2-10(6-12)11-4-5-14-15(7-11)27-9-26-14/h1-8H,9H2,(H2,19,24)(H3,20,21,25). The first-order valence-corrected chi connectivity index (χ1v) is 7.97. The smallest absolute Gasteiger partial charge is 0.316 e. The predicted molar refractivity (Wildman–Crippen MR) is 96.8 cm³/mol. The average molecular weight is 365 g/mol. The van der Waals surface area contributed by atoms with E-state index in [1.807, 2.05) is 42.5 Å². The maximum atomic E-state index is 11.6. The lowest BCUT2D eigenvalue weighted by Gasteiger charge is -2.07. The van der Waals surface area contributed by atoms with Crippen LogP contribution in [0, 0.1) is 0 Å². The molecule has 3 amide bonds. The number of aromatic nitrogens is 2. The van der Waals surface area contributed by atoms with Gasteiger partial charge in [0.1, 0.15) is 0 Å². The van der Waals surface area contributed by atoms with Gasteiger partial charge in [0.15, 0.2) is 17.2 Å². The molecule has 3 aromatic rings. The molecular weight excluding hydrogens is 350 g/mol. The summed E-state index contributed by atoms with van der Waals surface area (Å²) in [5.41, 5.74) is 13.0. The molecule has 2 aromatic carbocycles. The van der Waals surface area contributed by atoms with E-state index < -0.39 is 11.9 Å². The fraction of sp³-hybridized carbons (Fsp3) is 0.0556. The summed E-state index contributed by atoms with van der Waals surface area (Å²) < 4.78 is 12.2. The van der Waals surface area contributed by atoms with Crippen molar-refractivity contribution in [3.63, 3.8) is 0 Å². The molecule has 0 spiro atoms. The second-order valence-corrected chi connectivity index (χ2v) is 5.81. The summed E-state index contributed by atoms with van der Waals surface area (Å²) in [5, 5.41) is 6.50. The molecule has 1 aliphatic heterocycles. The minimum absolute atomic E-state index is 0.0812. The van der Waals surface area contributed by atoms with Gasteiger partial charge in [0.2, 0.25) is 6.79 Å². The van der Waals surface area contributed by atoms with Crippen LogP contribution < -0.4 is 26.3 Å². The number of rotatable bonds is 4. The highest BCUT2D eigenvalue weighted by Gasteiger charge is 2.17. The lowest BCUT2D eigenvalue weighted by molar-refractivity contribution is 0.0996. The minimum atomic E-state index is -0.814. The molecule has 4 rings (SSSR count). The lowest BCUT2D eigenvalue weighted by atomic mass is 10.0. The van der Waals surface area contributed by atoms with E-state index in [9.17, 15) is 9.59 Å². The van der Waals surface area contributed by atoms with Crippen LogP contribution in [0.4, 0.5) is 10.5 Å². The van der Waals surface area contributed by atoms with Crippen LogP contribution in [0.1, 0.15) is 10.5 Å². The molecule has 0 radical (unpaired) electrons. The van der Waals surface area contributed by atoms with Crippen LogP contribution in [0.25, 0.3) is 16.8 Å². The molecule has 5 N–H and O–H groups in total. The van der Waals surface area contributed by atoms with Gasteiger partial charge in [0.25, 0.3) is 5.91 Å². The van der Waals surface area contributed by atoms with Crippen LogP contribution in [0.5, 0.6) is 11.5 Å². The Morgan fingerprint density at radius 3 is 2.59 bits per heavy atom. The van der Waals surface area contributed by atoms with Crippen LogP contribution in [-0.2, 0) is 0 Å². The molecule has 0 bridgehead atoms. The van der Waals surface area contributed by atoms with E-state index in [0.717, 1.165) is 11.1 Å². The Morgan fingerprint density at radius 1 is 1.04 bits per heavy atom. The molecule has 0 atom stereocenters. The number of carbonyl (C=O) groups is 2. The number of fused-ring (bicyclic) bond motifs is 1. The number of hydrogen-bond donors (Lipinski definition) is 3. The van der Waals surface area contributed by atoms with Crippen molar-refractivity contribution < 1.29 is 19.1 Å². The second kappa shape index (κ2) is 6.37. The molecule has 0 saturated heterocycles. The molecule has 0 saturated carbocycles. The quantitative estimate of drug-likeness (QED) is 0.648. The van der Waals surface area contributed by atoms with E-state index in [2.05, 4.69) is 10.4 Å². The van der Waals surface area contributed by atoms with Crippen LogP contribution in [0.15, 0.2) is 48.7 Å². The summed E-state index contributed by atoms with van der Waals surface area (Å²) in [5.74, 6) is 0.612. The number of ether oxygens (including phenoxy) is 2. The van der Waals surface area contributed by atoms with E-state index in [-0.39, 0.29) is 18.2 Å². The first-order valence-electron chi connectivity index (χ1n) is 7.97. The molecule has 2 heterocycles. The van der Waals surface area contributed by atoms with Crippen molar-refractivity contribution in [1.29, 1.82) is 0 Å². The average Bonchev–Trinajstić information content (AvgIpc) is 3.27. The Morgan fingerprint density at radius 2 is 1.81 bits per heavy atom. The third kappa shape index (κ3) is 3.13. The Labute approximate surface area is 153 Å². The highest BCUT2D eigenvalue weighted by Crippen LogP contribution is 2.36. The molecule has 0 unspecified atom stereocenters. The number of nitrogens with one attached hydrogen (secondary N) is 1. The van der Waals surface area contributed by atoms with Gasteiger partial charge >= 0.3 is 6.03 Å². The summed E-state index contributed by atoms with van der Waals surface area (Å²) in [4.78, 5) is 22.7. The monoisotopic (exact) mass is 365 g/mol.